The van der Waals surface area contributed by atoms with Crippen molar-refractivity contribution >= 4 is 5.91 Å². The molecule has 1 aromatic carbocycles. The Morgan fingerprint density at radius 1 is 1.11 bits per heavy atom. The van der Waals surface area contributed by atoms with Crippen molar-refractivity contribution < 1.29 is 4.79 Å². The number of hydrogen-bond acceptors (Lipinski definition) is 5. The first-order valence-corrected chi connectivity index (χ1v) is 10.1. The lowest BCUT2D eigenvalue weighted by Gasteiger charge is -2.40. The minimum atomic E-state index is 0.0952. The summed E-state index contributed by atoms with van der Waals surface area (Å²) < 4.78 is 0. The second-order valence-electron chi connectivity index (χ2n) is 8.34. The molecule has 4 heterocycles. The number of H-pyrrole nitrogens is 1. The summed E-state index contributed by atoms with van der Waals surface area (Å²) in [6, 6.07) is 8.10. The molecule has 4 aliphatic rings. The van der Waals surface area contributed by atoms with E-state index in [1.165, 1.54) is 38.6 Å². The Bertz CT molecular complexity index is 803. The van der Waals surface area contributed by atoms with Crippen LogP contribution in [-0.4, -0.2) is 68.6 Å². The molecule has 6 rings (SSSR count). The molecule has 7 heteroatoms. The first-order chi connectivity index (χ1) is 13.3. The third-order valence-corrected chi connectivity index (χ3v) is 6.58. The van der Waals surface area contributed by atoms with Crippen LogP contribution in [0.1, 0.15) is 42.5 Å². The largest absolute Gasteiger partial charge is 0.337 e. The van der Waals surface area contributed by atoms with Crippen molar-refractivity contribution in [2.45, 2.75) is 38.1 Å². The number of tetrazole rings is 1. The van der Waals surface area contributed by atoms with Crippen LogP contribution < -0.4 is 0 Å². The van der Waals surface area contributed by atoms with Gasteiger partial charge in [-0.15, -0.1) is 10.2 Å². The smallest absolute Gasteiger partial charge is 0.254 e. The molecule has 0 spiro atoms. The maximum atomic E-state index is 13.4. The Labute approximate surface area is 159 Å². The number of carbonyl (C=O) groups excluding carboxylic acids is 1. The molecule has 3 aliphatic heterocycles. The molecule has 1 amide bonds. The van der Waals surface area contributed by atoms with Gasteiger partial charge in [0.05, 0.1) is 5.56 Å². The van der Waals surface area contributed by atoms with Crippen molar-refractivity contribution in [3.8, 4) is 11.4 Å². The van der Waals surface area contributed by atoms with Crippen LogP contribution in [0.5, 0.6) is 0 Å². The van der Waals surface area contributed by atoms with Crippen LogP contribution >= 0.6 is 0 Å². The van der Waals surface area contributed by atoms with Gasteiger partial charge in [-0.2, -0.15) is 5.21 Å². The number of carbonyl (C=O) groups is 1. The topological polar surface area (TPSA) is 78.0 Å². The average Bonchev–Trinajstić information content (AvgIpc) is 3.05. The lowest BCUT2D eigenvalue weighted by molar-refractivity contribution is 0.0718. The van der Waals surface area contributed by atoms with Crippen molar-refractivity contribution in [2.24, 2.45) is 11.8 Å². The summed E-state index contributed by atoms with van der Waals surface area (Å²) in [6.45, 7) is 4.07. The molecule has 0 unspecified atom stereocenters. The third kappa shape index (κ3) is 3.25. The van der Waals surface area contributed by atoms with Crippen molar-refractivity contribution in [3.05, 3.63) is 29.8 Å². The van der Waals surface area contributed by atoms with Crippen LogP contribution in [-0.2, 0) is 0 Å². The van der Waals surface area contributed by atoms with E-state index in [-0.39, 0.29) is 5.91 Å². The standard InChI is InChI=1S/C20H26N6O/c27-20(18-7-2-1-6-17(18)19-21-23-24-22-19)26-12-15-8-9-16(13-26)25(11-15)10-14-4-3-5-14/h1-2,6-7,14-16H,3-5,8-13H2,(H,21,22,23,24)/t15-,16-/m1/s1. The summed E-state index contributed by atoms with van der Waals surface area (Å²) in [6.07, 6.45) is 6.61. The van der Waals surface area contributed by atoms with E-state index in [2.05, 4.69) is 30.4 Å². The Hall–Kier alpha value is -2.28. The molecular weight excluding hydrogens is 340 g/mol. The zero-order chi connectivity index (χ0) is 18.2. The fourth-order valence-corrected chi connectivity index (χ4v) is 4.89. The predicted molar refractivity (Wildman–Crippen MR) is 101 cm³/mol. The number of benzene rings is 1. The Morgan fingerprint density at radius 3 is 2.78 bits per heavy atom. The second kappa shape index (κ2) is 7.03. The average molecular weight is 366 g/mol. The van der Waals surface area contributed by atoms with Crippen molar-refractivity contribution in [2.75, 3.05) is 26.2 Å². The van der Waals surface area contributed by atoms with Crippen molar-refractivity contribution in [3.63, 3.8) is 0 Å². The van der Waals surface area contributed by atoms with Gasteiger partial charge in [-0.3, -0.25) is 9.69 Å². The van der Waals surface area contributed by atoms with E-state index in [4.69, 9.17) is 0 Å². The van der Waals surface area contributed by atoms with Gasteiger partial charge in [0.25, 0.3) is 5.91 Å². The third-order valence-electron chi connectivity index (χ3n) is 6.58. The lowest BCUT2D eigenvalue weighted by Crippen LogP contribution is -2.47. The second-order valence-corrected chi connectivity index (χ2v) is 8.34. The van der Waals surface area contributed by atoms with E-state index >= 15 is 0 Å². The minimum Gasteiger partial charge on any atom is -0.337 e. The predicted octanol–water partition coefficient (Wildman–Crippen LogP) is 2.20. The molecule has 0 radical (unpaired) electrons. The number of nitrogens with zero attached hydrogens (tertiary/aromatic N) is 5. The number of aromatic nitrogens is 4. The molecule has 7 nitrogen and oxygen atoms in total. The molecular formula is C20H26N6O. The van der Waals surface area contributed by atoms with E-state index in [9.17, 15) is 4.79 Å². The van der Waals surface area contributed by atoms with Gasteiger partial charge in [0.15, 0.2) is 0 Å². The number of piperidine rings is 1. The van der Waals surface area contributed by atoms with Crippen LogP contribution in [0.25, 0.3) is 11.4 Å². The zero-order valence-corrected chi connectivity index (χ0v) is 15.5. The fourth-order valence-electron chi connectivity index (χ4n) is 4.89. The summed E-state index contributed by atoms with van der Waals surface area (Å²) in [4.78, 5) is 18.2. The molecule has 2 bridgehead atoms. The minimum absolute atomic E-state index is 0.0952. The molecule has 3 saturated heterocycles. The molecule has 27 heavy (non-hydrogen) atoms. The first kappa shape index (κ1) is 16.9. The number of aromatic amines is 1. The lowest BCUT2D eigenvalue weighted by atomic mass is 9.83. The summed E-state index contributed by atoms with van der Waals surface area (Å²) in [7, 11) is 0. The Morgan fingerprint density at radius 2 is 2.00 bits per heavy atom. The highest BCUT2D eigenvalue weighted by Crippen LogP contribution is 2.34. The van der Waals surface area contributed by atoms with Gasteiger partial charge < -0.3 is 4.90 Å². The number of hydrogen-bond donors (Lipinski definition) is 1. The van der Waals surface area contributed by atoms with E-state index < -0.39 is 0 Å². The van der Waals surface area contributed by atoms with Gasteiger partial charge in [0, 0.05) is 37.8 Å². The molecule has 1 saturated carbocycles. The molecule has 142 valence electrons. The van der Waals surface area contributed by atoms with E-state index in [1.54, 1.807) is 0 Å². The van der Waals surface area contributed by atoms with Gasteiger partial charge in [-0.05, 0) is 48.8 Å². The molecule has 2 aromatic rings. The van der Waals surface area contributed by atoms with E-state index in [1.807, 2.05) is 24.3 Å². The molecule has 1 aromatic heterocycles. The Balaban J connectivity index is 1.37. The van der Waals surface area contributed by atoms with E-state index in [0.29, 0.717) is 23.3 Å². The number of amides is 1. The molecule has 1 N–H and O–H groups in total. The molecule has 2 atom stereocenters. The van der Waals surface area contributed by atoms with Gasteiger partial charge >= 0.3 is 0 Å². The van der Waals surface area contributed by atoms with Crippen molar-refractivity contribution in [1.82, 2.24) is 30.4 Å². The Kier molecular flexibility index (Phi) is 4.39. The SMILES string of the molecule is O=C(c1ccccc1-c1nn[nH]n1)N1C[C@@H]2CC[C@H](C1)N(CC1CCC1)C2. The summed E-state index contributed by atoms with van der Waals surface area (Å²) in [5.74, 6) is 2.04. The monoisotopic (exact) mass is 366 g/mol. The van der Waals surface area contributed by atoms with Crippen LogP contribution in [0.3, 0.4) is 0 Å². The van der Waals surface area contributed by atoms with Crippen LogP contribution in [0.2, 0.25) is 0 Å². The molecule has 4 fully saturated rings. The highest BCUT2D eigenvalue weighted by Gasteiger charge is 2.38. The summed E-state index contributed by atoms with van der Waals surface area (Å²) in [5, 5.41) is 14.3. The highest BCUT2D eigenvalue weighted by atomic mass is 16.2. The summed E-state index contributed by atoms with van der Waals surface area (Å²) in [5.41, 5.74) is 1.42. The number of rotatable bonds is 4. The van der Waals surface area contributed by atoms with Gasteiger partial charge in [0.1, 0.15) is 0 Å². The quantitative estimate of drug-likeness (QED) is 0.898. The molecule has 1 aliphatic carbocycles. The van der Waals surface area contributed by atoms with Crippen LogP contribution in [0.15, 0.2) is 24.3 Å². The van der Waals surface area contributed by atoms with Gasteiger partial charge in [0.2, 0.25) is 5.82 Å². The summed E-state index contributed by atoms with van der Waals surface area (Å²) >= 11 is 0. The zero-order valence-electron chi connectivity index (χ0n) is 15.5. The van der Waals surface area contributed by atoms with Gasteiger partial charge in [-0.1, -0.05) is 24.6 Å². The maximum absolute atomic E-state index is 13.4. The van der Waals surface area contributed by atoms with Gasteiger partial charge in [-0.25, -0.2) is 0 Å². The van der Waals surface area contributed by atoms with Crippen LogP contribution in [0, 0.1) is 11.8 Å². The first-order valence-electron chi connectivity index (χ1n) is 10.1. The fraction of sp³-hybridized carbons (Fsp3) is 0.600. The normalized spacial score (nSPS) is 26.0. The van der Waals surface area contributed by atoms with Crippen molar-refractivity contribution in [1.29, 1.82) is 0 Å². The number of fused-ring (bicyclic) bond motifs is 4. The van der Waals surface area contributed by atoms with Crippen LogP contribution in [0.4, 0.5) is 0 Å². The number of nitrogens with one attached hydrogen (secondary N) is 1. The maximum Gasteiger partial charge on any atom is 0.254 e. The van der Waals surface area contributed by atoms with E-state index in [0.717, 1.165) is 31.1 Å². The highest BCUT2D eigenvalue weighted by molar-refractivity contribution is 6.00.